The van der Waals surface area contributed by atoms with Crippen LogP contribution in [0.1, 0.15) is 209 Å². The number of carbonyl (C=O) groups excluding carboxylic acids is 12. The second kappa shape index (κ2) is 44.7. The molecule has 0 spiro atoms. The number of imide groups is 1. The lowest BCUT2D eigenvalue weighted by Gasteiger charge is -2.41. The van der Waals surface area contributed by atoms with Gasteiger partial charge in [0.1, 0.15) is 18.2 Å². The summed E-state index contributed by atoms with van der Waals surface area (Å²) in [4.78, 5) is 171. The summed E-state index contributed by atoms with van der Waals surface area (Å²) in [5, 5.41) is 10.8. The number of nitrogens with two attached hydrogens (primary N) is 1. The lowest BCUT2D eigenvalue weighted by Crippen LogP contribution is -2.55. The van der Waals surface area contributed by atoms with Gasteiger partial charge in [-0.15, -0.1) is 11.8 Å². The van der Waals surface area contributed by atoms with Crippen LogP contribution in [0.5, 0.6) is 0 Å². The Balaban J connectivity index is 1.15. The molecule has 6 N–H and O–H groups in total. The molecule has 26 heteroatoms. The largest absolute Gasteiger partial charge is 0.458 e. The molecule has 25 nitrogen and oxygen atoms in total. The van der Waals surface area contributed by atoms with E-state index in [1.807, 2.05) is 71.9 Å². The summed E-state index contributed by atoms with van der Waals surface area (Å²) in [6.45, 7) is 26.8. The molecule has 0 aliphatic carbocycles. The minimum Gasteiger partial charge on any atom is -0.458 e. The van der Waals surface area contributed by atoms with Gasteiger partial charge in [-0.05, 0) is 123 Å². The number of esters is 1. The van der Waals surface area contributed by atoms with Crippen molar-refractivity contribution in [3.05, 3.63) is 101 Å². The number of amides is 10. The van der Waals surface area contributed by atoms with Crippen molar-refractivity contribution >= 4 is 88.5 Å². The maximum Gasteiger partial charge on any atom is 0.410 e. The zero-order chi connectivity index (χ0) is 81.9. The zero-order valence-corrected chi connectivity index (χ0v) is 69.3. The molecule has 3 aromatic rings. The average Bonchev–Trinajstić information content (AvgIpc) is 1.41. The summed E-state index contributed by atoms with van der Waals surface area (Å²) in [5.41, 5.74) is 8.61. The van der Waals surface area contributed by atoms with Gasteiger partial charge < -0.3 is 60.6 Å². The molecule has 0 aromatic heterocycles. The van der Waals surface area contributed by atoms with Crippen LogP contribution in [0.2, 0.25) is 0 Å². The molecule has 2 aliphatic rings. The van der Waals surface area contributed by atoms with Gasteiger partial charge in [0.2, 0.25) is 41.4 Å². The summed E-state index contributed by atoms with van der Waals surface area (Å²) < 4.78 is 23.7. The number of hydrogen-bond donors (Lipinski definition) is 5. The number of carbonyl (C=O) groups is 12. The molecule has 12 atom stereocenters. The SMILES string of the molecule is CC[C@H](C)[C@@H]([C@@H](CC(=O)N1CCC[C@H]1[C@H](OC)[C@@H](C)C(=O)N[C@@H](Cc1ccccc1)C(=O)OC(C)(C)C)OC)N(C)C(=O)[C@@H](CC(=O)[C@H](C(C)C)N(C)C(=O)OCc1ccc(NC(=O)[C@H](CCCNC(N)=O)CC(=O)[C@@H](NC(=O)CCCCCN2C(=O)CC(SCc3ccc(C(C)C)cc3)C2=O)C(C)C)cc1)C(C)C. The predicted octanol–water partition coefficient (Wildman–Crippen LogP) is 11.3. The fraction of sp³-hybridized carbons (Fsp3) is 0.643. The third-order valence-corrected chi connectivity index (χ3v) is 22.4. The fourth-order valence-corrected chi connectivity index (χ4v) is 15.7. The summed E-state index contributed by atoms with van der Waals surface area (Å²) in [5.74, 6) is -6.15. The molecule has 0 radical (unpaired) electrons. The number of primary amides is 1. The van der Waals surface area contributed by atoms with Gasteiger partial charge in [-0.1, -0.05) is 156 Å². The second-order valence-electron chi connectivity index (χ2n) is 32.1. The first kappa shape index (κ1) is 92.4. The molecule has 10 amide bonds. The number of methoxy groups -OCH3 is 2. The number of anilines is 1. The Kier molecular flexibility index (Phi) is 37.6. The highest BCUT2D eigenvalue weighted by atomic mass is 32.2. The highest BCUT2D eigenvalue weighted by Gasteiger charge is 2.45. The average molecular weight is 1550 g/mol. The van der Waals surface area contributed by atoms with Gasteiger partial charge in [0.05, 0.1) is 54.0 Å². The van der Waals surface area contributed by atoms with Crippen LogP contribution in [0.15, 0.2) is 78.9 Å². The molecule has 0 saturated carbocycles. The summed E-state index contributed by atoms with van der Waals surface area (Å²) in [7, 11) is 6.16. The molecule has 2 aliphatic heterocycles. The van der Waals surface area contributed by atoms with Crippen LogP contribution in [0.25, 0.3) is 0 Å². The molecule has 2 heterocycles. The van der Waals surface area contributed by atoms with Crippen molar-refractivity contribution in [3.8, 4) is 0 Å². The Morgan fingerprint density at radius 1 is 0.709 bits per heavy atom. The highest BCUT2D eigenvalue weighted by Crippen LogP contribution is 2.34. The van der Waals surface area contributed by atoms with Crippen LogP contribution in [-0.2, 0) is 85.7 Å². The number of benzene rings is 3. The molecule has 2 saturated heterocycles. The number of rotatable bonds is 45. The number of ether oxygens (including phenoxy) is 4. The van der Waals surface area contributed by atoms with Crippen LogP contribution < -0.4 is 27.0 Å². The van der Waals surface area contributed by atoms with E-state index in [4.69, 9.17) is 24.7 Å². The number of Topliss-reactive ketones (excluding diaryl/α,β-unsaturated/α-hetero) is 2. The molecule has 1 unspecified atom stereocenters. The predicted molar refractivity (Wildman–Crippen MR) is 426 cm³/mol. The van der Waals surface area contributed by atoms with E-state index in [9.17, 15) is 52.7 Å². The third kappa shape index (κ3) is 28.2. The molecule has 5 rings (SSSR count). The van der Waals surface area contributed by atoms with Gasteiger partial charge in [-0.2, -0.15) is 0 Å². The standard InChI is InChI=1S/C84H127N9O16S/c1-19-55(10)75(68(106-17)47-71(97)92-43-27-31-65(92)76(107-18)56(11)77(99)88-64(81(103)109-84(12,13)14)44-57-28-22-20-23-29-57)90(15)79(101)63(52(4)5)46-67(95)74(54(8)9)91(16)83(105)108-49-58-35-39-62(40-36-58)87-78(100)61(30-26-41-86-82(85)104)45-66(94)73(53(6)7)89-70(96)32-24-21-25-42-93-72(98)48-69(80(93)102)110-50-59-33-37-60(38-34-59)51(2)3/h20,22-23,28-29,33-40,51-56,61,63-65,68-69,73-76H,19,21,24-27,30-32,41-50H2,1-18H3,(H,87,100)(H,88,99)(H,89,96)(H3,85,86,104)/t55-,56+,61+,63-,64-,65-,68+,69?,73-,74-,75-,76+/m0/s1. The Morgan fingerprint density at radius 2 is 1.36 bits per heavy atom. The first-order valence-corrected chi connectivity index (χ1v) is 40.4. The van der Waals surface area contributed by atoms with Crippen molar-refractivity contribution in [2.45, 2.75) is 258 Å². The van der Waals surface area contributed by atoms with E-state index < -0.39 is 107 Å². The van der Waals surface area contributed by atoms with Gasteiger partial charge in [-0.3, -0.25) is 48.1 Å². The van der Waals surface area contributed by atoms with Gasteiger partial charge >= 0.3 is 18.1 Å². The van der Waals surface area contributed by atoms with Crippen LogP contribution in [0.4, 0.5) is 15.3 Å². The smallest absolute Gasteiger partial charge is 0.410 e. The van der Waals surface area contributed by atoms with Crippen molar-refractivity contribution in [1.29, 1.82) is 0 Å². The fourth-order valence-electron chi connectivity index (χ4n) is 14.6. The van der Waals surface area contributed by atoms with E-state index in [1.165, 1.54) is 48.4 Å². The number of unbranched alkanes of at least 4 members (excludes halogenated alkanes) is 2. The normalized spacial score (nSPS) is 17.3. The Labute approximate surface area is 657 Å². The number of thioether (sulfide) groups is 1. The lowest BCUT2D eigenvalue weighted by atomic mass is 9.83. The Hall–Kier alpha value is -8.23. The van der Waals surface area contributed by atoms with Gasteiger partial charge in [0.15, 0.2) is 11.6 Å². The summed E-state index contributed by atoms with van der Waals surface area (Å²) >= 11 is 1.47. The topological polar surface area (TPSA) is 329 Å². The number of nitrogens with zero attached hydrogens (tertiary/aromatic N) is 4. The maximum absolute atomic E-state index is 15.0. The number of likely N-dealkylation sites (tertiary alicyclic amines) is 2. The molecule has 0 bridgehead atoms. The molecular weight excluding hydrogens is 1420 g/mol. The van der Waals surface area contributed by atoms with Gasteiger partial charge in [-0.25, -0.2) is 14.4 Å². The summed E-state index contributed by atoms with van der Waals surface area (Å²) in [6.07, 6.45) is 1.52. The highest BCUT2D eigenvalue weighted by molar-refractivity contribution is 7.99. The van der Waals surface area contributed by atoms with E-state index in [-0.39, 0.29) is 123 Å². The quantitative estimate of drug-likeness (QED) is 0.0199. The van der Waals surface area contributed by atoms with E-state index in [1.54, 1.807) is 82.7 Å². The van der Waals surface area contributed by atoms with E-state index >= 15 is 4.79 Å². The minimum absolute atomic E-state index is 0.101. The number of ketones is 2. The van der Waals surface area contributed by atoms with Crippen molar-refractivity contribution < 1.29 is 76.5 Å². The lowest BCUT2D eigenvalue weighted by molar-refractivity contribution is -0.159. The first-order valence-electron chi connectivity index (χ1n) is 39.3. The number of nitrogens with one attached hydrogen (secondary N) is 4. The van der Waals surface area contributed by atoms with Gasteiger partial charge in [0, 0.05) is 103 Å². The number of hydrogen-bond acceptors (Lipinski definition) is 17. The van der Waals surface area contributed by atoms with Gasteiger partial charge in [0.25, 0.3) is 0 Å². The van der Waals surface area contributed by atoms with E-state index in [0.717, 1.165) is 11.1 Å². The van der Waals surface area contributed by atoms with E-state index in [0.29, 0.717) is 74.4 Å². The summed E-state index contributed by atoms with van der Waals surface area (Å²) in [6, 6.07) is 19.5. The number of likely N-dealkylation sites (N-methyl/N-ethyl adjacent to an activating group) is 2. The van der Waals surface area contributed by atoms with Crippen LogP contribution in [0, 0.1) is 41.4 Å². The maximum atomic E-state index is 15.0. The first-order chi connectivity index (χ1) is 51.9. The van der Waals surface area contributed by atoms with E-state index in [2.05, 4.69) is 59.4 Å². The van der Waals surface area contributed by atoms with Crippen molar-refractivity contribution in [2.75, 3.05) is 53.3 Å². The van der Waals surface area contributed by atoms with Crippen molar-refractivity contribution in [1.82, 2.24) is 35.6 Å². The Morgan fingerprint density at radius 3 is 1.95 bits per heavy atom. The molecular formula is C84H127N9O16S. The van der Waals surface area contributed by atoms with Crippen LogP contribution in [0.3, 0.4) is 0 Å². The third-order valence-electron chi connectivity index (χ3n) is 21.1. The number of urea groups is 1. The molecule has 3 aromatic carbocycles. The monoisotopic (exact) mass is 1550 g/mol. The van der Waals surface area contributed by atoms with Crippen LogP contribution in [-0.4, -0.2) is 192 Å². The van der Waals surface area contributed by atoms with Crippen LogP contribution >= 0.6 is 11.8 Å². The van der Waals surface area contributed by atoms with Crippen molar-refractivity contribution in [3.63, 3.8) is 0 Å². The second-order valence-corrected chi connectivity index (χ2v) is 33.3. The molecule has 110 heavy (non-hydrogen) atoms. The minimum atomic E-state index is -0.987. The molecule has 610 valence electrons. The zero-order valence-electron chi connectivity index (χ0n) is 68.5. The van der Waals surface area contributed by atoms with Crippen molar-refractivity contribution in [2.24, 2.45) is 47.2 Å². The Bertz CT molecular complexity index is 3530. The molecule has 2 fully saturated rings.